The number of hydrogen-bond acceptors (Lipinski definition) is 4. The predicted molar refractivity (Wildman–Crippen MR) is 78.4 cm³/mol. The zero-order valence-corrected chi connectivity index (χ0v) is 12.6. The minimum Gasteiger partial charge on any atom is -0.305 e. The molecule has 0 saturated heterocycles. The van der Waals surface area contributed by atoms with Crippen LogP contribution < -0.4 is 10.9 Å². The number of aromatic nitrogens is 2. The normalized spacial score (nSPS) is 14.7. The van der Waals surface area contributed by atoms with E-state index in [-0.39, 0.29) is 0 Å². The number of pyridine rings is 1. The van der Waals surface area contributed by atoms with E-state index in [9.17, 15) is 22.8 Å². The molecular weight excluding hydrogens is 331 g/mol. The van der Waals surface area contributed by atoms with Crippen molar-refractivity contribution in [2.75, 3.05) is 5.32 Å². The number of nitrogens with one attached hydrogen (secondary N) is 1. The van der Waals surface area contributed by atoms with E-state index in [1.807, 2.05) is 5.38 Å². The molecule has 0 bridgehead atoms. The molecule has 3 rings (SSSR count). The Morgan fingerprint density at radius 3 is 2.78 bits per heavy atom. The van der Waals surface area contributed by atoms with Gasteiger partial charge in [-0.2, -0.15) is 13.2 Å². The highest BCUT2D eigenvalue weighted by Crippen LogP contribution is 2.40. The van der Waals surface area contributed by atoms with Crippen LogP contribution in [0.5, 0.6) is 0 Å². The molecule has 1 amide bonds. The van der Waals surface area contributed by atoms with Crippen molar-refractivity contribution in [2.24, 2.45) is 0 Å². The molecule has 0 aliphatic heterocycles. The largest absolute Gasteiger partial charge is 0.417 e. The monoisotopic (exact) mass is 343 g/mol. The van der Waals surface area contributed by atoms with Gasteiger partial charge in [0, 0.05) is 23.6 Å². The molecule has 23 heavy (non-hydrogen) atoms. The fourth-order valence-electron chi connectivity index (χ4n) is 2.05. The van der Waals surface area contributed by atoms with Gasteiger partial charge < -0.3 is 9.88 Å². The van der Waals surface area contributed by atoms with E-state index in [1.54, 1.807) is 0 Å². The van der Waals surface area contributed by atoms with Gasteiger partial charge >= 0.3 is 6.18 Å². The summed E-state index contributed by atoms with van der Waals surface area (Å²) in [4.78, 5) is 27.7. The van der Waals surface area contributed by atoms with Crippen molar-refractivity contribution < 1.29 is 18.0 Å². The Balaban J connectivity index is 1.70. The molecule has 2 aromatic heterocycles. The SMILES string of the molecule is O=C(Cn1cc(C(F)(F)F)ccc1=O)Nc1nc(C2CC2)cs1. The molecule has 1 aliphatic carbocycles. The number of hydrogen-bond donors (Lipinski definition) is 1. The third-order valence-corrected chi connectivity index (χ3v) is 4.16. The molecule has 0 aromatic carbocycles. The number of anilines is 1. The Bertz CT molecular complexity index is 793. The molecule has 122 valence electrons. The first-order valence-electron chi connectivity index (χ1n) is 6.86. The predicted octanol–water partition coefficient (Wildman–Crippen LogP) is 2.84. The smallest absolute Gasteiger partial charge is 0.305 e. The van der Waals surface area contributed by atoms with E-state index in [4.69, 9.17) is 0 Å². The number of carbonyl (C=O) groups is 1. The van der Waals surface area contributed by atoms with Crippen LogP contribution >= 0.6 is 11.3 Å². The van der Waals surface area contributed by atoms with Crippen molar-refractivity contribution in [1.29, 1.82) is 0 Å². The summed E-state index contributed by atoms with van der Waals surface area (Å²) < 4.78 is 38.7. The van der Waals surface area contributed by atoms with Gasteiger partial charge in [-0.15, -0.1) is 11.3 Å². The molecule has 9 heteroatoms. The standard InChI is InChI=1S/C14H12F3N3O2S/c15-14(16,17)9-3-4-12(22)20(5-9)6-11(21)19-13-18-10(7-23-13)8-1-2-8/h3-5,7-8H,1-2,6H2,(H,18,19,21). The number of nitrogens with zero attached hydrogens (tertiary/aromatic N) is 2. The lowest BCUT2D eigenvalue weighted by molar-refractivity contribution is -0.138. The summed E-state index contributed by atoms with van der Waals surface area (Å²) >= 11 is 1.26. The Morgan fingerprint density at radius 1 is 1.39 bits per heavy atom. The molecule has 0 radical (unpaired) electrons. The number of rotatable bonds is 4. The molecule has 0 unspecified atom stereocenters. The van der Waals surface area contributed by atoms with Crippen LogP contribution in [0.15, 0.2) is 28.5 Å². The third kappa shape index (κ3) is 3.79. The van der Waals surface area contributed by atoms with Gasteiger partial charge in [0.1, 0.15) is 6.54 Å². The Labute approximate surface area is 132 Å². The number of halogens is 3. The second kappa shape index (κ2) is 5.80. The molecule has 2 heterocycles. The zero-order valence-electron chi connectivity index (χ0n) is 11.8. The maximum Gasteiger partial charge on any atom is 0.417 e. The van der Waals surface area contributed by atoms with Crippen LogP contribution in [0, 0.1) is 0 Å². The quantitative estimate of drug-likeness (QED) is 0.928. The van der Waals surface area contributed by atoms with Crippen LogP contribution in [0.3, 0.4) is 0 Å². The summed E-state index contributed by atoms with van der Waals surface area (Å²) in [7, 11) is 0. The van der Waals surface area contributed by atoms with Crippen LogP contribution in [0.1, 0.15) is 30.0 Å². The van der Waals surface area contributed by atoms with Crippen LogP contribution in [-0.2, 0) is 17.5 Å². The Hall–Kier alpha value is -2.16. The zero-order chi connectivity index (χ0) is 16.6. The number of thiazole rings is 1. The molecule has 2 aromatic rings. The van der Waals surface area contributed by atoms with E-state index in [0.29, 0.717) is 23.3 Å². The lowest BCUT2D eigenvalue weighted by Gasteiger charge is -2.10. The summed E-state index contributed by atoms with van der Waals surface area (Å²) in [6, 6.07) is 1.49. The van der Waals surface area contributed by atoms with Gasteiger partial charge in [0.2, 0.25) is 5.91 Å². The maximum absolute atomic E-state index is 12.6. The average Bonchev–Trinajstić information content (AvgIpc) is 3.21. The molecule has 0 spiro atoms. The summed E-state index contributed by atoms with van der Waals surface area (Å²) in [5, 5.41) is 4.74. The fourth-order valence-corrected chi connectivity index (χ4v) is 2.85. The van der Waals surface area contributed by atoms with Gasteiger partial charge in [-0.1, -0.05) is 0 Å². The molecule has 0 atom stereocenters. The lowest BCUT2D eigenvalue weighted by Crippen LogP contribution is -2.28. The van der Waals surface area contributed by atoms with Crippen LogP contribution in [0.2, 0.25) is 0 Å². The van der Waals surface area contributed by atoms with Crippen molar-refractivity contribution in [3.8, 4) is 0 Å². The van der Waals surface area contributed by atoms with E-state index >= 15 is 0 Å². The third-order valence-electron chi connectivity index (χ3n) is 3.39. The Morgan fingerprint density at radius 2 is 2.13 bits per heavy atom. The molecule has 1 saturated carbocycles. The summed E-state index contributed by atoms with van der Waals surface area (Å²) in [5.41, 5.74) is -0.734. The second-order valence-electron chi connectivity index (χ2n) is 5.28. The van der Waals surface area contributed by atoms with Gasteiger partial charge in [0.05, 0.1) is 11.3 Å². The first kappa shape index (κ1) is 15.7. The average molecular weight is 343 g/mol. The van der Waals surface area contributed by atoms with Crippen LogP contribution in [0.4, 0.5) is 18.3 Å². The highest BCUT2D eigenvalue weighted by Gasteiger charge is 2.31. The first-order chi connectivity index (χ1) is 10.8. The van der Waals surface area contributed by atoms with Gasteiger partial charge in [-0.25, -0.2) is 4.98 Å². The maximum atomic E-state index is 12.6. The minimum absolute atomic E-state index is 0.386. The van der Waals surface area contributed by atoms with Gasteiger partial charge in [0.15, 0.2) is 5.13 Å². The van der Waals surface area contributed by atoms with Crippen LogP contribution in [-0.4, -0.2) is 15.5 Å². The lowest BCUT2D eigenvalue weighted by atomic mass is 10.3. The first-order valence-corrected chi connectivity index (χ1v) is 7.74. The second-order valence-corrected chi connectivity index (χ2v) is 6.14. The van der Waals surface area contributed by atoms with Crippen molar-refractivity contribution >= 4 is 22.4 Å². The highest BCUT2D eigenvalue weighted by molar-refractivity contribution is 7.13. The summed E-state index contributed by atoms with van der Waals surface area (Å²) in [6.45, 7) is -0.499. The van der Waals surface area contributed by atoms with E-state index in [2.05, 4.69) is 10.3 Å². The van der Waals surface area contributed by atoms with Gasteiger partial charge in [-0.05, 0) is 18.9 Å². The molecule has 5 nitrogen and oxygen atoms in total. The van der Waals surface area contributed by atoms with E-state index in [0.717, 1.165) is 29.2 Å². The van der Waals surface area contributed by atoms with Crippen molar-refractivity contribution in [2.45, 2.75) is 31.5 Å². The highest BCUT2D eigenvalue weighted by atomic mass is 32.1. The number of carbonyl (C=O) groups excluding carboxylic acids is 1. The molecule has 1 N–H and O–H groups in total. The molecule has 1 aliphatic rings. The van der Waals surface area contributed by atoms with Crippen molar-refractivity contribution in [3.05, 3.63) is 45.3 Å². The summed E-state index contributed by atoms with van der Waals surface area (Å²) in [5.74, 6) is -0.147. The van der Waals surface area contributed by atoms with Crippen molar-refractivity contribution in [3.63, 3.8) is 0 Å². The molecule has 1 fully saturated rings. The number of amides is 1. The van der Waals surface area contributed by atoms with E-state index < -0.39 is 29.8 Å². The number of alkyl halides is 3. The minimum atomic E-state index is -4.57. The van der Waals surface area contributed by atoms with E-state index in [1.165, 1.54) is 11.3 Å². The fraction of sp³-hybridized carbons (Fsp3) is 0.357. The topological polar surface area (TPSA) is 64.0 Å². The molecular formula is C14H12F3N3O2S. The van der Waals surface area contributed by atoms with Crippen LogP contribution in [0.25, 0.3) is 0 Å². The Kier molecular flexibility index (Phi) is 3.97. The summed E-state index contributed by atoms with van der Waals surface area (Å²) in [6.07, 6.45) is -1.77. The van der Waals surface area contributed by atoms with Gasteiger partial charge in [0.25, 0.3) is 5.56 Å². The van der Waals surface area contributed by atoms with Gasteiger partial charge in [-0.3, -0.25) is 9.59 Å². The van der Waals surface area contributed by atoms with Crippen molar-refractivity contribution in [1.82, 2.24) is 9.55 Å².